The fraction of sp³-hybridized carbons (Fsp3) is 0.333. The first-order valence-corrected chi connectivity index (χ1v) is 8.91. The van der Waals surface area contributed by atoms with Crippen molar-refractivity contribution in [2.45, 2.75) is 39.0 Å². The summed E-state index contributed by atoms with van der Waals surface area (Å²) < 4.78 is 5.72. The van der Waals surface area contributed by atoms with Gasteiger partial charge in [0, 0.05) is 6.42 Å². The number of nitrogens with two attached hydrogens (primary N) is 1. The van der Waals surface area contributed by atoms with Crippen LogP contribution in [0.1, 0.15) is 25.0 Å². The van der Waals surface area contributed by atoms with Crippen molar-refractivity contribution < 1.29 is 19.4 Å². The summed E-state index contributed by atoms with van der Waals surface area (Å²) in [6.45, 7) is 4.09. The molecule has 0 saturated carbocycles. The Bertz CT molecular complexity index is 745. The third kappa shape index (κ3) is 6.42. The monoisotopic (exact) mass is 370 g/mol. The van der Waals surface area contributed by atoms with Crippen LogP contribution < -0.4 is 15.8 Å². The van der Waals surface area contributed by atoms with E-state index in [0.717, 1.165) is 11.1 Å². The largest absolute Gasteiger partial charge is 0.489 e. The third-order valence-corrected chi connectivity index (χ3v) is 4.25. The molecule has 0 aliphatic rings. The van der Waals surface area contributed by atoms with Crippen molar-refractivity contribution in [3.63, 3.8) is 0 Å². The topological polar surface area (TPSA) is 102 Å². The van der Waals surface area contributed by atoms with E-state index in [1.54, 1.807) is 24.3 Å². The van der Waals surface area contributed by atoms with Gasteiger partial charge in [-0.1, -0.05) is 56.3 Å². The molecule has 144 valence electrons. The number of amides is 1. The van der Waals surface area contributed by atoms with Crippen molar-refractivity contribution in [2.24, 2.45) is 11.7 Å². The second-order valence-corrected chi connectivity index (χ2v) is 6.79. The first kappa shape index (κ1) is 20.5. The Morgan fingerprint density at radius 1 is 1.04 bits per heavy atom. The number of benzene rings is 2. The van der Waals surface area contributed by atoms with E-state index < -0.39 is 24.0 Å². The molecule has 0 bridgehead atoms. The zero-order chi connectivity index (χ0) is 19.8. The molecule has 0 spiro atoms. The number of hydrogen-bond donors (Lipinski definition) is 3. The van der Waals surface area contributed by atoms with Crippen molar-refractivity contribution in [2.75, 3.05) is 0 Å². The van der Waals surface area contributed by atoms with Crippen LogP contribution in [0.4, 0.5) is 0 Å². The Hall–Kier alpha value is -2.86. The van der Waals surface area contributed by atoms with Crippen molar-refractivity contribution in [3.8, 4) is 5.75 Å². The highest BCUT2D eigenvalue weighted by Gasteiger charge is 2.25. The van der Waals surface area contributed by atoms with Gasteiger partial charge in [-0.15, -0.1) is 0 Å². The van der Waals surface area contributed by atoms with Crippen LogP contribution in [0.15, 0.2) is 54.6 Å². The van der Waals surface area contributed by atoms with E-state index in [0.29, 0.717) is 12.4 Å². The molecule has 0 radical (unpaired) electrons. The van der Waals surface area contributed by atoms with E-state index in [1.807, 2.05) is 44.2 Å². The average molecular weight is 370 g/mol. The van der Waals surface area contributed by atoms with Crippen molar-refractivity contribution in [1.29, 1.82) is 0 Å². The predicted molar refractivity (Wildman–Crippen MR) is 103 cm³/mol. The standard InChI is InChI=1S/C21H26N2O4/c1-14(2)19(22)20(24)23-18(21(25)26)12-15-8-10-17(11-9-15)27-13-16-6-4-3-5-7-16/h3-11,14,18-19H,12-13,22H2,1-2H3,(H,23,24)(H,25,26)/t18-,19-/m0/s1. The number of carboxylic acids is 1. The quantitative estimate of drug-likeness (QED) is 0.629. The molecule has 0 fully saturated rings. The summed E-state index contributed by atoms with van der Waals surface area (Å²) in [5.74, 6) is -0.926. The number of hydrogen-bond acceptors (Lipinski definition) is 4. The molecule has 0 unspecified atom stereocenters. The molecule has 27 heavy (non-hydrogen) atoms. The Balaban J connectivity index is 1.94. The summed E-state index contributed by atoms with van der Waals surface area (Å²) >= 11 is 0. The number of aliphatic carboxylic acids is 1. The fourth-order valence-electron chi connectivity index (χ4n) is 2.47. The van der Waals surface area contributed by atoms with Crippen molar-refractivity contribution >= 4 is 11.9 Å². The van der Waals surface area contributed by atoms with E-state index in [2.05, 4.69) is 5.32 Å². The van der Waals surface area contributed by atoms with Crippen LogP contribution in [-0.2, 0) is 22.6 Å². The lowest BCUT2D eigenvalue weighted by molar-refractivity contribution is -0.142. The number of carbonyl (C=O) groups is 2. The minimum atomic E-state index is -1.09. The Morgan fingerprint density at radius 2 is 1.67 bits per heavy atom. The third-order valence-electron chi connectivity index (χ3n) is 4.25. The highest BCUT2D eigenvalue weighted by atomic mass is 16.5. The van der Waals surface area contributed by atoms with Crippen LogP contribution in [0.2, 0.25) is 0 Å². The first-order chi connectivity index (χ1) is 12.9. The maximum atomic E-state index is 12.0. The lowest BCUT2D eigenvalue weighted by atomic mass is 10.0. The normalized spacial score (nSPS) is 13.0. The molecule has 6 nitrogen and oxygen atoms in total. The molecule has 4 N–H and O–H groups in total. The second-order valence-electron chi connectivity index (χ2n) is 6.79. The number of ether oxygens (including phenoxy) is 1. The number of rotatable bonds is 9. The van der Waals surface area contributed by atoms with Crippen LogP contribution in [0, 0.1) is 5.92 Å². The maximum Gasteiger partial charge on any atom is 0.326 e. The highest BCUT2D eigenvalue weighted by Crippen LogP contribution is 2.15. The minimum Gasteiger partial charge on any atom is -0.489 e. The van der Waals surface area contributed by atoms with Gasteiger partial charge in [-0.05, 0) is 29.2 Å². The molecule has 2 aromatic rings. The van der Waals surface area contributed by atoms with Gasteiger partial charge in [0.2, 0.25) is 5.91 Å². The lowest BCUT2D eigenvalue weighted by Gasteiger charge is -2.20. The zero-order valence-corrected chi connectivity index (χ0v) is 15.6. The molecule has 0 aliphatic carbocycles. The van der Waals surface area contributed by atoms with Gasteiger partial charge in [0.15, 0.2) is 0 Å². The SMILES string of the molecule is CC(C)[C@H](N)C(=O)N[C@@H](Cc1ccc(OCc2ccccc2)cc1)C(=O)O. The summed E-state index contributed by atoms with van der Waals surface area (Å²) in [5.41, 5.74) is 7.63. The van der Waals surface area contributed by atoms with Gasteiger partial charge in [0.25, 0.3) is 0 Å². The number of carbonyl (C=O) groups excluding carboxylic acids is 1. The lowest BCUT2D eigenvalue weighted by Crippen LogP contribution is -2.51. The Kier molecular flexibility index (Phi) is 7.37. The van der Waals surface area contributed by atoms with Crippen LogP contribution in [0.5, 0.6) is 5.75 Å². The summed E-state index contributed by atoms with van der Waals surface area (Å²) in [6, 6.07) is 15.2. The van der Waals surface area contributed by atoms with Crippen LogP contribution in [0.25, 0.3) is 0 Å². The van der Waals surface area contributed by atoms with E-state index in [-0.39, 0.29) is 12.3 Å². The second kappa shape index (κ2) is 9.73. The Labute approximate surface area is 159 Å². The predicted octanol–water partition coefficient (Wildman–Crippen LogP) is 2.36. The first-order valence-electron chi connectivity index (χ1n) is 8.91. The van der Waals surface area contributed by atoms with E-state index >= 15 is 0 Å². The average Bonchev–Trinajstić information content (AvgIpc) is 2.66. The molecule has 6 heteroatoms. The molecular formula is C21H26N2O4. The summed E-state index contributed by atoms with van der Waals surface area (Å²) in [4.78, 5) is 23.5. The van der Waals surface area contributed by atoms with Gasteiger partial charge < -0.3 is 20.9 Å². The highest BCUT2D eigenvalue weighted by molar-refractivity contribution is 5.87. The molecule has 2 aromatic carbocycles. The molecule has 2 atom stereocenters. The van der Waals surface area contributed by atoms with Gasteiger partial charge in [0.05, 0.1) is 6.04 Å². The molecular weight excluding hydrogens is 344 g/mol. The number of nitrogens with one attached hydrogen (secondary N) is 1. The molecule has 0 aromatic heterocycles. The Morgan fingerprint density at radius 3 is 2.22 bits per heavy atom. The van der Waals surface area contributed by atoms with Gasteiger partial charge in [0.1, 0.15) is 18.4 Å². The fourth-order valence-corrected chi connectivity index (χ4v) is 2.47. The minimum absolute atomic E-state index is 0.0690. The van der Waals surface area contributed by atoms with Crippen LogP contribution in [-0.4, -0.2) is 29.1 Å². The summed E-state index contributed by atoms with van der Waals surface area (Å²) in [5, 5.41) is 11.9. The number of carboxylic acid groups (broad SMARTS) is 1. The van der Waals surface area contributed by atoms with Gasteiger partial charge in [-0.2, -0.15) is 0 Å². The van der Waals surface area contributed by atoms with Crippen molar-refractivity contribution in [3.05, 3.63) is 65.7 Å². The molecule has 0 heterocycles. The van der Waals surface area contributed by atoms with Gasteiger partial charge in [-0.25, -0.2) is 4.79 Å². The van der Waals surface area contributed by atoms with Crippen LogP contribution in [0.3, 0.4) is 0 Å². The van der Waals surface area contributed by atoms with E-state index in [1.165, 1.54) is 0 Å². The van der Waals surface area contributed by atoms with E-state index in [9.17, 15) is 14.7 Å². The van der Waals surface area contributed by atoms with E-state index in [4.69, 9.17) is 10.5 Å². The van der Waals surface area contributed by atoms with Crippen LogP contribution >= 0.6 is 0 Å². The molecule has 1 amide bonds. The molecule has 2 rings (SSSR count). The maximum absolute atomic E-state index is 12.0. The van der Waals surface area contributed by atoms with Crippen molar-refractivity contribution in [1.82, 2.24) is 5.32 Å². The summed E-state index contributed by atoms with van der Waals surface area (Å²) in [7, 11) is 0. The summed E-state index contributed by atoms with van der Waals surface area (Å²) in [6.07, 6.45) is 0.171. The smallest absolute Gasteiger partial charge is 0.326 e. The zero-order valence-electron chi connectivity index (χ0n) is 15.6. The van der Waals surface area contributed by atoms with Gasteiger partial charge in [-0.3, -0.25) is 4.79 Å². The molecule has 0 aliphatic heterocycles. The molecule has 0 saturated heterocycles. The van der Waals surface area contributed by atoms with Gasteiger partial charge >= 0.3 is 5.97 Å².